The highest BCUT2D eigenvalue weighted by Crippen LogP contribution is 2.36. The van der Waals surface area contributed by atoms with Gasteiger partial charge in [-0.3, -0.25) is 4.79 Å². The molecule has 1 aliphatic rings. The number of hydrogen-bond donors (Lipinski definition) is 1. The molecule has 1 aromatic carbocycles. The summed E-state index contributed by atoms with van der Waals surface area (Å²) in [5.74, 6) is -0.308. The third-order valence-electron chi connectivity index (χ3n) is 5.21. The standard InChI is InChI=1S/C19H16ClF4N5O/c1-10-17-25-8-13(6-11-2-3-12(21)7-14(11)19(22,23)24)29(17)5-4-28(10)15-9-26-27-18(30)16(15)20/h2-3,7-10H,4-6H2,1H3,(H,27,30). The van der Waals surface area contributed by atoms with Gasteiger partial charge in [-0.1, -0.05) is 17.7 Å². The molecule has 158 valence electrons. The number of nitrogens with zero attached hydrogens (tertiary/aromatic N) is 4. The Morgan fingerprint density at radius 2 is 2.03 bits per heavy atom. The molecule has 11 heteroatoms. The van der Waals surface area contributed by atoms with Crippen LogP contribution in [0.4, 0.5) is 23.2 Å². The number of benzene rings is 1. The van der Waals surface area contributed by atoms with Gasteiger partial charge in [-0.2, -0.15) is 18.3 Å². The highest BCUT2D eigenvalue weighted by atomic mass is 35.5. The fraction of sp³-hybridized carbons (Fsp3) is 0.316. The van der Waals surface area contributed by atoms with Crippen molar-refractivity contribution in [1.29, 1.82) is 0 Å². The minimum Gasteiger partial charge on any atom is -0.357 e. The largest absolute Gasteiger partial charge is 0.416 e. The van der Waals surface area contributed by atoms with E-state index in [0.29, 0.717) is 36.4 Å². The van der Waals surface area contributed by atoms with Crippen LogP contribution in [0.25, 0.3) is 0 Å². The van der Waals surface area contributed by atoms with Crippen LogP contribution in [0.3, 0.4) is 0 Å². The number of alkyl halides is 3. The number of nitrogens with one attached hydrogen (secondary N) is 1. The number of anilines is 1. The van der Waals surface area contributed by atoms with Crippen LogP contribution in [-0.2, 0) is 19.1 Å². The maximum absolute atomic E-state index is 13.4. The molecule has 1 unspecified atom stereocenters. The van der Waals surface area contributed by atoms with E-state index < -0.39 is 23.1 Å². The number of halogens is 5. The predicted octanol–water partition coefficient (Wildman–Crippen LogP) is 3.95. The van der Waals surface area contributed by atoms with Crippen molar-refractivity contribution < 1.29 is 17.6 Å². The van der Waals surface area contributed by atoms with E-state index in [1.165, 1.54) is 12.4 Å². The molecule has 0 radical (unpaired) electrons. The van der Waals surface area contributed by atoms with E-state index >= 15 is 0 Å². The minimum atomic E-state index is -4.66. The Hall–Kier alpha value is -2.88. The summed E-state index contributed by atoms with van der Waals surface area (Å²) in [7, 11) is 0. The molecule has 3 heterocycles. The van der Waals surface area contributed by atoms with E-state index in [-0.39, 0.29) is 23.0 Å². The van der Waals surface area contributed by atoms with E-state index in [2.05, 4.69) is 15.2 Å². The van der Waals surface area contributed by atoms with Gasteiger partial charge >= 0.3 is 6.18 Å². The first-order chi connectivity index (χ1) is 14.2. The molecular formula is C19H16ClF4N5O. The Bertz CT molecular complexity index is 1160. The Morgan fingerprint density at radius 1 is 1.27 bits per heavy atom. The van der Waals surface area contributed by atoms with Crippen LogP contribution in [0.15, 0.2) is 35.4 Å². The van der Waals surface area contributed by atoms with Crippen LogP contribution in [0.1, 0.15) is 35.6 Å². The van der Waals surface area contributed by atoms with Crippen molar-refractivity contribution in [3.8, 4) is 0 Å². The second kappa shape index (κ2) is 7.42. The molecule has 30 heavy (non-hydrogen) atoms. The van der Waals surface area contributed by atoms with Crippen molar-refractivity contribution in [2.24, 2.45) is 0 Å². The smallest absolute Gasteiger partial charge is 0.357 e. The van der Waals surface area contributed by atoms with Crippen LogP contribution in [0.5, 0.6) is 0 Å². The molecule has 0 saturated carbocycles. The fourth-order valence-electron chi connectivity index (χ4n) is 3.77. The number of hydrogen-bond acceptors (Lipinski definition) is 4. The van der Waals surface area contributed by atoms with Gasteiger partial charge in [0.1, 0.15) is 16.7 Å². The van der Waals surface area contributed by atoms with Gasteiger partial charge in [-0.15, -0.1) is 0 Å². The zero-order chi connectivity index (χ0) is 21.6. The SMILES string of the molecule is CC1c2ncc(Cc3ccc(F)cc3C(F)(F)F)n2CCN1c1cn[nH]c(=O)c1Cl. The van der Waals surface area contributed by atoms with Crippen LogP contribution in [-0.4, -0.2) is 26.3 Å². The molecule has 1 N–H and O–H groups in total. The average molecular weight is 442 g/mol. The van der Waals surface area contributed by atoms with Gasteiger partial charge in [-0.05, 0) is 24.6 Å². The third kappa shape index (κ3) is 3.55. The summed E-state index contributed by atoms with van der Waals surface area (Å²) in [4.78, 5) is 18.0. The molecule has 1 aliphatic heterocycles. The summed E-state index contributed by atoms with van der Waals surface area (Å²) in [6.07, 6.45) is -1.72. The number of fused-ring (bicyclic) bond motifs is 1. The van der Waals surface area contributed by atoms with Crippen molar-refractivity contribution in [2.45, 2.75) is 32.1 Å². The van der Waals surface area contributed by atoms with Crippen molar-refractivity contribution in [1.82, 2.24) is 19.7 Å². The summed E-state index contributed by atoms with van der Waals surface area (Å²) in [6.45, 7) is 2.75. The lowest BCUT2D eigenvalue weighted by Crippen LogP contribution is -2.38. The maximum atomic E-state index is 13.4. The monoisotopic (exact) mass is 441 g/mol. The Balaban J connectivity index is 1.67. The van der Waals surface area contributed by atoms with Gasteiger partial charge < -0.3 is 9.47 Å². The molecule has 3 aromatic rings. The molecule has 2 aromatic heterocycles. The predicted molar refractivity (Wildman–Crippen MR) is 102 cm³/mol. The second-order valence-corrected chi connectivity index (χ2v) is 7.38. The Kier molecular flexibility index (Phi) is 5.05. The molecule has 0 fully saturated rings. The number of H-pyrrole nitrogens is 1. The summed E-state index contributed by atoms with van der Waals surface area (Å²) in [5, 5.41) is 6.06. The van der Waals surface area contributed by atoms with Gasteiger partial charge in [-0.25, -0.2) is 14.5 Å². The molecule has 0 saturated heterocycles. The topological polar surface area (TPSA) is 66.8 Å². The minimum absolute atomic E-state index is 0.0122. The van der Waals surface area contributed by atoms with Gasteiger partial charge in [0.2, 0.25) is 0 Å². The molecule has 0 amide bonds. The summed E-state index contributed by atoms with van der Waals surface area (Å²) in [6, 6.07) is 2.39. The number of imidazole rings is 1. The Labute approximate surface area is 173 Å². The van der Waals surface area contributed by atoms with Crippen LogP contribution < -0.4 is 10.5 Å². The second-order valence-electron chi connectivity index (χ2n) is 7.00. The number of rotatable bonds is 3. The van der Waals surface area contributed by atoms with E-state index in [9.17, 15) is 22.4 Å². The summed E-state index contributed by atoms with van der Waals surface area (Å²) in [5.41, 5.74) is -0.481. The third-order valence-corrected chi connectivity index (χ3v) is 5.58. The molecule has 6 nitrogen and oxygen atoms in total. The highest BCUT2D eigenvalue weighted by Gasteiger charge is 2.35. The highest BCUT2D eigenvalue weighted by molar-refractivity contribution is 6.33. The quantitative estimate of drug-likeness (QED) is 0.625. The molecule has 0 bridgehead atoms. The lowest BCUT2D eigenvalue weighted by molar-refractivity contribution is -0.138. The van der Waals surface area contributed by atoms with Gasteiger partial charge in [0.05, 0.1) is 23.5 Å². The van der Waals surface area contributed by atoms with Crippen molar-refractivity contribution in [2.75, 3.05) is 11.4 Å². The fourth-order valence-corrected chi connectivity index (χ4v) is 3.97. The molecule has 4 rings (SSSR count). The first-order valence-electron chi connectivity index (χ1n) is 9.06. The van der Waals surface area contributed by atoms with Crippen molar-refractivity contribution in [3.63, 3.8) is 0 Å². The number of aromatic nitrogens is 4. The van der Waals surface area contributed by atoms with Gasteiger partial charge in [0, 0.05) is 31.4 Å². The lowest BCUT2D eigenvalue weighted by atomic mass is 10.0. The zero-order valence-electron chi connectivity index (χ0n) is 15.7. The molecule has 0 aliphatic carbocycles. The summed E-state index contributed by atoms with van der Waals surface area (Å²) < 4.78 is 55.2. The molecule has 0 spiro atoms. The molecule has 1 atom stereocenters. The van der Waals surface area contributed by atoms with Crippen LogP contribution in [0.2, 0.25) is 5.02 Å². The van der Waals surface area contributed by atoms with E-state index in [1.807, 2.05) is 16.4 Å². The van der Waals surface area contributed by atoms with Crippen LogP contribution >= 0.6 is 11.6 Å². The normalized spacial score (nSPS) is 16.6. The van der Waals surface area contributed by atoms with E-state index in [4.69, 9.17) is 11.6 Å². The van der Waals surface area contributed by atoms with Crippen LogP contribution in [0, 0.1) is 5.82 Å². The number of aromatic amines is 1. The van der Waals surface area contributed by atoms with Gasteiger partial charge in [0.15, 0.2) is 0 Å². The lowest BCUT2D eigenvalue weighted by Gasteiger charge is -2.36. The molecular weight excluding hydrogens is 426 g/mol. The average Bonchev–Trinajstić information content (AvgIpc) is 3.09. The summed E-state index contributed by atoms with van der Waals surface area (Å²) >= 11 is 6.11. The maximum Gasteiger partial charge on any atom is 0.416 e. The van der Waals surface area contributed by atoms with Gasteiger partial charge in [0.25, 0.3) is 5.56 Å². The first-order valence-corrected chi connectivity index (χ1v) is 9.44. The van der Waals surface area contributed by atoms with E-state index in [0.717, 1.165) is 12.1 Å². The van der Waals surface area contributed by atoms with Crippen molar-refractivity contribution in [3.05, 3.63) is 74.4 Å². The Morgan fingerprint density at radius 3 is 2.77 bits per heavy atom. The van der Waals surface area contributed by atoms with Crippen molar-refractivity contribution >= 4 is 17.3 Å². The first kappa shape index (κ1) is 20.4. The zero-order valence-corrected chi connectivity index (χ0v) is 16.4. The van der Waals surface area contributed by atoms with E-state index in [1.54, 1.807) is 0 Å².